The van der Waals surface area contributed by atoms with Crippen LogP contribution >= 0.6 is 0 Å². The van der Waals surface area contributed by atoms with E-state index in [0.29, 0.717) is 13.1 Å². The Kier molecular flexibility index (Phi) is 5.90. The molecule has 162 valence electrons. The van der Waals surface area contributed by atoms with E-state index in [9.17, 15) is 14.4 Å². The predicted molar refractivity (Wildman–Crippen MR) is 111 cm³/mol. The smallest absolute Gasteiger partial charge is 0.241 e. The van der Waals surface area contributed by atoms with Crippen molar-refractivity contribution in [1.29, 1.82) is 0 Å². The van der Waals surface area contributed by atoms with Crippen molar-refractivity contribution in [3.63, 3.8) is 0 Å². The standard InChI is InChI=1S/C23H37N3O3/c1-3-25(4-2)21(28)19-5-7-26(8-6-19)20(27)15-24-22(29)23-12-16-9-17(13-23)11-18(10-16)14-23/h16-19H,3-15H2,1-2H3,(H,24,29). The Labute approximate surface area is 174 Å². The fourth-order valence-corrected chi connectivity index (χ4v) is 7.01. The Morgan fingerprint density at radius 1 is 0.931 bits per heavy atom. The van der Waals surface area contributed by atoms with E-state index in [2.05, 4.69) is 5.32 Å². The van der Waals surface area contributed by atoms with Gasteiger partial charge in [0.25, 0.3) is 0 Å². The Balaban J connectivity index is 1.25. The number of likely N-dealkylation sites (tertiary alicyclic amines) is 1. The molecule has 5 rings (SSSR count). The average Bonchev–Trinajstić information content (AvgIpc) is 2.71. The van der Waals surface area contributed by atoms with Crippen LogP contribution in [0.5, 0.6) is 0 Å². The molecule has 0 aromatic carbocycles. The fourth-order valence-electron chi connectivity index (χ4n) is 7.01. The van der Waals surface area contributed by atoms with Gasteiger partial charge in [-0.2, -0.15) is 0 Å². The maximum absolute atomic E-state index is 13.0. The van der Waals surface area contributed by atoms with Crippen molar-refractivity contribution in [3.05, 3.63) is 0 Å². The van der Waals surface area contributed by atoms with E-state index in [0.717, 1.165) is 62.9 Å². The van der Waals surface area contributed by atoms with E-state index in [4.69, 9.17) is 0 Å². The summed E-state index contributed by atoms with van der Waals surface area (Å²) in [4.78, 5) is 41.9. The molecule has 1 aliphatic heterocycles. The van der Waals surface area contributed by atoms with Crippen LogP contribution in [0.2, 0.25) is 0 Å². The molecular formula is C23H37N3O3. The number of nitrogens with zero attached hydrogens (tertiary/aromatic N) is 2. The van der Waals surface area contributed by atoms with Crippen LogP contribution in [-0.4, -0.2) is 60.2 Å². The number of amides is 3. The largest absolute Gasteiger partial charge is 0.347 e. The predicted octanol–water partition coefficient (Wildman–Crippen LogP) is 2.43. The molecule has 3 amide bonds. The summed E-state index contributed by atoms with van der Waals surface area (Å²) in [5.41, 5.74) is -0.196. The van der Waals surface area contributed by atoms with Crippen LogP contribution in [0.1, 0.15) is 65.2 Å². The van der Waals surface area contributed by atoms with Crippen molar-refractivity contribution in [3.8, 4) is 0 Å². The second kappa shape index (κ2) is 8.27. The zero-order chi connectivity index (χ0) is 20.6. The molecule has 1 saturated heterocycles. The third-order valence-electron chi connectivity index (χ3n) is 8.19. The molecule has 0 spiro atoms. The van der Waals surface area contributed by atoms with E-state index in [1.807, 2.05) is 23.6 Å². The molecule has 4 saturated carbocycles. The number of rotatable bonds is 6. The van der Waals surface area contributed by atoms with Gasteiger partial charge in [-0.15, -0.1) is 0 Å². The molecule has 1 heterocycles. The Morgan fingerprint density at radius 2 is 1.45 bits per heavy atom. The van der Waals surface area contributed by atoms with Crippen molar-refractivity contribution in [1.82, 2.24) is 15.1 Å². The average molecular weight is 404 g/mol. The minimum Gasteiger partial charge on any atom is -0.347 e. The third kappa shape index (κ3) is 4.04. The number of nitrogens with one attached hydrogen (secondary N) is 1. The number of hydrogen-bond donors (Lipinski definition) is 1. The Morgan fingerprint density at radius 3 is 1.93 bits per heavy atom. The summed E-state index contributed by atoms with van der Waals surface area (Å²) in [6.45, 7) is 6.83. The summed E-state index contributed by atoms with van der Waals surface area (Å²) in [5, 5.41) is 3.00. The van der Waals surface area contributed by atoms with Gasteiger partial charge < -0.3 is 15.1 Å². The van der Waals surface area contributed by atoms with E-state index in [-0.39, 0.29) is 35.6 Å². The van der Waals surface area contributed by atoms with Crippen LogP contribution < -0.4 is 5.32 Å². The molecule has 4 aliphatic carbocycles. The highest BCUT2D eigenvalue weighted by molar-refractivity contribution is 5.88. The van der Waals surface area contributed by atoms with Crippen molar-refractivity contribution in [2.24, 2.45) is 29.1 Å². The second-order valence-electron chi connectivity index (χ2n) is 10.0. The molecule has 1 N–H and O–H groups in total. The van der Waals surface area contributed by atoms with Crippen LogP contribution in [0.15, 0.2) is 0 Å². The van der Waals surface area contributed by atoms with Gasteiger partial charge in [0.05, 0.1) is 6.54 Å². The molecular weight excluding hydrogens is 366 g/mol. The molecule has 5 fully saturated rings. The zero-order valence-corrected chi connectivity index (χ0v) is 18.1. The van der Waals surface area contributed by atoms with Crippen LogP contribution in [0.25, 0.3) is 0 Å². The first-order chi connectivity index (χ1) is 13.9. The molecule has 5 aliphatic rings. The van der Waals surface area contributed by atoms with Gasteiger partial charge in [0.1, 0.15) is 0 Å². The second-order valence-corrected chi connectivity index (χ2v) is 10.0. The van der Waals surface area contributed by atoms with Crippen LogP contribution in [0, 0.1) is 29.1 Å². The van der Waals surface area contributed by atoms with Crippen molar-refractivity contribution in [2.45, 2.75) is 65.2 Å². The topological polar surface area (TPSA) is 69.7 Å². The highest BCUT2D eigenvalue weighted by Crippen LogP contribution is 2.60. The lowest BCUT2D eigenvalue weighted by molar-refractivity contribution is -0.148. The lowest BCUT2D eigenvalue weighted by Gasteiger charge is -2.55. The Hall–Kier alpha value is -1.59. The molecule has 0 radical (unpaired) electrons. The normalized spacial score (nSPS) is 33.6. The van der Waals surface area contributed by atoms with E-state index >= 15 is 0 Å². The molecule has 4 bridgehead atoms. The highest BCUT2D eigenvalue weighted by atomic mass is 16.2. The minimum atomic E-state index is -0.196. The monoisotopic (exact) mass is 403 g/mol. The quantitative estimate of drug-likeness (QED) is 0.740. The summed E-state index contributed by atoms with van der Waals surface area (Å²) in [6.07, 6.45) is 8.47. The molecule has 0 aromatic rings. The maximum atomic E-state index is 13.0. The van der Waals surface area contributed by atoms with Gasteiger partial charge in [-0.1, -0.05) is 0 Å². The summed E-state index contributed by atoms with van der Waals surface area (Å²) in [5.74, 6) is 2.55. The molecule has 6 nitrogen and oxygen atoms in total. The van der Waals surface area contributed by atoms with E-state index < -0.39 is 0 Å². The number of carbonyl (C=O) groups is 3. The highest BCUT2D eigenvalue weighted by Gasteiger charge is 2.54. The van der Waals surface area contributed by atoms with Gasteiger partial charge in [0.2, 0.25) is 17.7 Å². The van der Waals surface area contributed by atoms with E-state index in [1.165, 1.54) is 19.3 Å². The molecule has 29 heavy (non-hydrogen) atoms. The number of piperidine rings is 1. The van der Waals surface area contributed by atoms with Crippen molar-refractivity contribution in [2.75, 3.05) is 32.7 Å². The number of carbonyl (C=O) groups excluding carboxylic acids is 3. The molecule has 6 heteroatoms. The van der Waals surface area contributed by atoms with Crippen LogP contribution in [0.3, 0.4) is 0 Å². The molecule has 0 unspecified atom stereocenters. The van der Waals surface area contributed by atoms with Crippen LogP contribution in [-0.2, 0) is 14.4 Å². The maximum Gasteiger partial charge on any atom is 0.241 e. The van der Waals surface area contributed by atoms with Crippen molar-refractivity contribution >= 4 is 17.7 Å². The van der Waals surface area contributed by atoms with Gasteiger partial charge in [-0.3, -0.25) is 14.4 Å². The summed E-state index contributed by atoms with van der Waals surface area (Å²) >= 11 is 0. The van der Waals surface area contributed by atoms with Crippen LogP contribution in [0.4, 0.5) is 0 Å². The molecule has 0 atom stereocenters. The first-order valence-corrected chi connectivity index (χ1v) is 11.8. The fraction of sp³-hybridized carbons (Fsp3) is 0.870. The van der Waals surface area contributed by atoms with Gasteiger partial charge in [0.15, 0.2) is 0 Å². The van der Waals surface area contributed by atoms with Crippen molar-refractivity contribution < 1.29 is 14.4 Å². The lowest BCUT2D eigenvalue weighted by Crippen LogP contribution is -2.55. The van der Waals surface area contributed by atoms with Gasteiger partial charge in [0, 0.05) is 37.5 Å². The van der Waals surface area contributed by atoms with Gasteiger partial charge >= 0.3 is 0 Å². The first-order valence-electron chi connectivity index (χ1n) is 11.8. The number of hydrogen-bond acceptors (Lipinski definition) is 3. The Bertz CT molecular complexity index is 614. The zero-order valence-electron chi connectivity index (χ0n) is 18.1. The summed E-state index contributed by atoms with van der Waals surface area (Å²) < 4.78 is 0. The first kappa shape index (κ1) is 20.7. The minimum absolute atomic E-state index is 0.00295. The van der Waals surface area contributed by atoms with E-state index in [1.54, 1.807) is 0 Å². The third-order valence-corrected chi connectivity index (χ3v) is 8.19. The van der Waals surface area contributed by atoms with Gasteiger partial charge in [-0.05, 0) is 83.0 Å². The molecule has 0 aromatic heterocycles. The summed E-state index contributed by atoms with van der Waals surface area (Å²) in [7, 11) is 0. The summed E-state index contributed by atoms with van der Waals surface area (Å²) in [6, 6.07) is 0. The SMILES string of the molecule is CCN(CC)C(=O)C1CCN(C(=O)CNC(=O)C23CC4CC(CC(C4)C2)C3)CC1. The lowest BCUT2D eigenvalue weighted by atomic mass is 9.49. The van der Waals surface area contributed by atoms with Gasteiger partial charge in [-0.25, -0.2) is 0 Å².